The molecule has 11 nitrogen and oxygen atoms in total. The lowest BCUT2D eigenvalue weighted by Crippen LogP contribution is -2.40. The number of thiazole rings is 1. The number of anilines is 1. The van der Waals surface area contributed by atoms with Crippen LogP contribution in [0.1, 0.15) is 25.5 Å². The zero-order chi connectivity index (χ0) is 26.7. The van der Waals surface area contributed by atoms with Gasteiger partial charge >= 0.3 is 5.97 Å². The number of allylic oxidation sites excluding steroid dienone is 1. The van der Waals surface area contributed by atoms with E-state index in [1.165, 1.54) is 37.1 Å². The van der Waals surface area contributed by atoms with Gasteiger partial charge in [-0.25, -0.2) is 9.79 Å². The van der Waals surface area contributed by atoms with E-state index in [1.54, 1.807) is 44.2 Å². The summed E-state index contributed by atoms with van der Waals surface area (Å²) in [6, 6.07) is 10.3. The zero-order valence-electron chi connectivity index (χ0n) is 20.5. The number of ether oxygens (including phenoxy) is 3. The van der Waals surface area contributed by atoms with Crippen molar-refractivity contribution in [1.29, 1.82) is 0 Å². The summed E-state index contributed by atoms with van der Waals surface area (Å²) in [5, 5.41) is 14.0. The number of nitrogens with zero attached hydrogens (tertiary/aromatic N) is 3. The second kappa shape index (κ2) is 10.7. The standard InChI is InChI=1S/C25H24N4O7S/c1-5-36-24(31)21-14(2)27-25-28(22(21)15-9-10-18(34-3)19(11-15)35-4)23(30)20(37-25)13-26-16-7-6-8-17(12-16)29(32)33/h6-13,22,26H,5H2,1-4H3/b20-13-/t22-/m1/s1. The van der Waals surface area contributed by atoms with E-state index in [0.717, 1.165) is 11.3 Å². The van der Waals surface area contributed by atoms with Crippen molar-refractivity contribution in [3.63, 3.8) is 0 Å². The van der Waals surface area contributed by atoms with Gasteiger partial charge in [0.25, 0.3) is 11.2 Å². The molecule has 0 unspecified atom stereocenters. The molecule has 2 heterocycles. The van der Waals surface area contributed by atoms with E-state index in [4.69, 9.17) is 14.2 Å². The van der Waals surface area contributed by atoms with Gasteiger partial charge in [-0.3, -0.25) is 19.5 Å². The van der Waals surface area contributed by atoms with Crippen molar-refractivity contribution in [1.82, 2.24) is 4.57 Å². The van der Waals surface area contributed by atoms with Crippen molar-refractivity contribution in [2.75, 3.05) is 26.1 Å². The molecule has 1 N–H and O–H groups in total. The molecule has 0 aliphatic carbocycles. The molecule has 1 aromatic heterocycles. The monoisotopic (exact) mass is 524 g/mol. The highest BCUT2D eigenvalue weighted by Crippen LogP contribution is 2.36. The number of esters is 1. The topological polar surface area (TPSA) is 134 Å². The van der Waals surface area contributed by atoms with Crippen LogP contribution >= 0.6 is 11.3 Å². The molecule has 192 valence electrons. The van der Waals surface area contributed by atoms with Gasteiger partial charge in [0.2, 0.25) is 0 Å². The average Bonchev–Trinajstić information content (AvgIpc) is 3.20. The number of nitrogens with one attached hydrogen (secondary N) is 1. The third-order valence-electron chi connectivity index (χ3n) is 5.67. The van der Waals surface area contributed by atoms with Crippen LogP contribution in [-0.2, 0) is 9.53 Å². The number of carbonyl (C=O) groups excluding carboxylic acids is 1. The molecular formula is C25H24N4O7S. The van der Waals surface area contributed by atoms with E-state index in [-0.39, 0.29) is 17.9 Å². The fourth-order valence-corrected chi connectivity index (χ4v) is 4.96. The van der Waals surface area contributed by atoms with Gasteiger partial charge in [0.1, 0.15) is 4.53 Å². The summed E-state index contributed by atoms with van der Waals surface area (Å²) in [6.07, 6.45) is 1.47. The molecule has 4 rings (SSSR count). The molecule has 3 aromatic rings. The van der Waals surface area contributed by atoms with Gasteiger partial charge in [-0.15, -0.1) is 0 Å². The van der Waals surface area contributed by atoms with Gasteiger partial charge in [0.15, 0.2) is 16.3 Å². The number of nitro groups is 1. The van der Waals surface area contributed by atoms with Gasteiger partial charge in [-0.1, -0.05) is 23.5 Å². The summed E-state index contributed by atoms with van der Waals surface area (Å²) in [4.78, 5) is 42.1. The number of hydrogen-bond donors (Lipinski definition) is 1. The van der Waals surface area contributed by atoms with Gasteiger partial charge in [-0.2, -0.15) is 0 Å². The zero-order valence-corrected chi connectivity index (χ0v) is 21.3. The van der Waals surface area contributed by atoms with Crippen LogP contribution in [0.5, 0.6) is 11.5 Å². The Morgan fingerprint density at radius 1 is 1.22 bits per heavy atom. The van der Waals surface area contributed by atoms with Crippen LogP contribution in [0.15, 0.2) is 63.5 Å². The van der Waals surface area contributed by atoms with Crippen LogP contribution in [0.4, 0.5) is 11.4 Å². The predicted octanol–water partition coefficient (Wildman–Crippen LogP) is 2.75. The van der Waals surface area contributed by atoms with Crippen molar-refractivity contribution >= 4 is 34.9 Å². The van der Waals surface area contributed by atoms with Crippen molar-refractivity contribution in [2.45, 2.75) is 19.9 Å². The molecule has 37 heavy (non-hydrogen) atoms. The Morgan fingerprint density at radius 3 is 2.65 bits per heavy atom. The normalized spacial score (nSPS) is 15.0. The molecule has 0 spiro atoms. The summed E-state index contributed by atoms with van der Waals surface area (Å²) in [6.45, 7) is 3.55. The molecule has 1 aliphatic rings. The smallest absolute Gasteiger partial charge is 0.338 e. The molecule has 1 atom stereocenters. The van der Waals surface area contributed by atoms with Crippen LogP contribution in [0.2, 0.25) is 0 Å². The van der Waals surface area contributed by atoms with Crippen LogP contribution in [0, 0.1) is 10.1 Å². The highest BCUT2D eigenvalue weighted by atomic mass is 32.1. The third-order valence-corrected chi connectivity index (χ3v) is 6.65. The van der Waals surface area contributed by atoms with Gasteiger partial charge in [-0.05, 0) is 37.6 Å². The first kappa shape index (κ1) is 25.6. The van der Waals surface area contributed by atoms with E-state index in [2.05, 4.69) is 10.3 Å². The Morgan fingerprint density at radius 2 is 1.97 bits per heavy atom. The molecule has 0 radical (unpaired) electrons. The van der Waals surface area contributed by atoms with Crippen LogP contribution < -0.4 is 29.7 Å². The second-order valence-electron chi connectivity index (χ2n) is 7.87. The second-order valence-corrected chi connectivity index (χ2v) is 8.88. The number of rotatable bonds is 8. The van der Waals surface area contributed by atoms with E-state index >= 15 is 0 Å². The molecule has 0 saturated heterocycles. The summed E-state index contributed by atoms with van der Waals surface area (Å²) in [7, 11) is 3.02. The van der Waals surface area contributed by atoms with Crippen molar-refractivity contribution in [3.05, 3.63) is 89.1 Å². The lowest BCUT2D eigenvalue weighted by molar-refractivity contribution is -0.384. The number of aromatic nitrogens is 1. The Bertz CT molecular complexity index is 1590. The quantitative estimate of drug-likeness (QED) is 0.270. The molecule has 1 aliphatic heterocycles. The highest BCUT2D eigenvalue weighted by Gasteiger charge is 2.33. The minimum Gasteiger partial charge on any atom is -0.493 e. The number of fused-ring (bicyclic) bond motifs is 1. The summed E-state index contributed by atoms with van der Waals surface area (Å²) < 4.78 is 17.8. The molecular weight excluding hydrogens is 500 g/mol. The Kier molecular flexibility index (Phi) is 7.39. The SMILES string of the molecule is CCOC(=O)C1=C(C)N=c2s/c(=C\Nc3cccc([N+](=O)[O-])c3)c(=O)n2[C@@H]1c1ccc(OC)c(OC)c1. The van der Waals surface area contributed by atoms with Crippen LogP contribution in [0.25, 0.3) is 6.20 Å². The third kappa shape index (κ3) is 4.96. The molecule has 0 fully saturated rings. The molecule has 0 saturated carbocycles. The predicted molar refractivity (Wildman–Crippen MR) is 138 cm³/mol. The summed E-state index contributed by atoms with van der Waals surface area (Å²) in [5.74, 6) is 0.359. The first-order chi connectivity index (χ1) is 17.8. The Labute approximate surface area is 215 Å². The number of carbonyl (C=O) groups is 1. The molecule has 0 bridgehead atoms. The van der Waals surface area contributed by atoms with E-state index < -0.39 is 22.5 Å². The maximum atomic E-state index is 13.6. The first-order valence-corrected chi connectivity index (χ1v) is 12.0. The summed E-state index contributed by atoms with van der Waals surface area (Å²) >= 11 is 1.13. The lowest BCUT2D eigenvalue weighted by Gasteiger charge is -2.25. The molecule has 0 amide bonds. The number of benzene rings is 2. The maximum Gasteiger partial charge on any atom is 0.338 e. The Balaban J connectivity index is 1.87. The minimum atomic E-state index is -0.824. The fraction of sp³-hybridized carbons (Fsp3) is 0.240. The average molecular weight is 525 g/mol. The maximum absolute atomic E-state index is 13.6. The number of non-ortho nitro benzene ring substituents is 1. The highest BCUT2D eigenvalue weighted by molar-refractivity contribution is 7.07. The van der Waals surface area contributed by atoms with Crippen molar-refractivity contribution < 1.29 is 23.9 Å². The van der Waals surface area contributed by atoms with Crippen molar-refractivity contribution in [2.24, 2.45) is 4.99 Å². The molecule has 2 aromatic carbocycles. The summed E-state index contributed by atoms with van der Waals surface area (Å²) in [5.41, 5.74) is 1.24. The number of hydrogen-bond acceptors (Lipinski definition) is 10. The first-order valence-electron chi connectivity index (χ1n) is 11.2. The lowest BCUT2D eigenvalue weighted by atomic mass is 9.95. The molecule has 12 heteroatoms. The number of nitro benzene ring substituents is 1. The fourth-order valence-electron chi connectivity index (χ4n) is 3.99. The van der Waals surface area contributed by atoms with Crippen molar-refractivity contribution in [3.8, 4) is 11.5 Å². The van der Waals surface area contributed by atoms with Gasteiger partial charge in [0.05, 0.1) is 43.1 Å². The number of methoxy groups -OCH3 is 2. The van der Waals surface area contributed by atoms with Crippen LogP contribution in [0.3, 0.4) is 0 Å². The van der Waals surface area contributed by atoms with E-state index in [9.17, 15) is 19.7 Å². The minimum absolute atomic E-state index is 0.0805. The largest absolute Gasteiger partial charge is 0.493 e. The van der Waals surface area contributed by atoms with E-state index in [0.29, 0.717) is 37.8 Å². The van der Waals surface area contributed by atoms with Gasteiger partial charge in [0, 0.05) is 24.0 Å². The van der Waals surface area contributed by atoms with Crippen LogP contribution in [-0.4, -0.2) is 36.3 Å². The van der Waals surface area contributed by atoms with E-state index in [1.807, 2.05) is 0 Å². The Hall–Kier alpha value is -4.45. The van der Waals surface area contributed by atoms with Gasteiger partial charge < -0.3 is 19.5 Å².